The Morgan fingerprint density at radius 3 is 2.65 bits per heavy atom. The highest BCUT2D eigenvalue weighted by atomic mass is 16.5. The van der Waals surface area contributed by atoms with Crippen LogP contribution in [-0.4, -0.2) is 54.0 Å². The molecule has 2 heterocycles. The van der Waals surface area contributed by atoms with Gasteiger partial charge in [0.2, 0.25) is 11.8 Å². The van der Waals surface area contributed by atoms with Crippen LogP contribution in [0.2, 0.25) is 0 Å². The molecular weight excluding hydrogens is 332 g/mol. The topological polar surface area (TPSA) is 63.0 Å². The number of amides is 2. The fourth-order valence-corrected chi connectivity index (χ4v) is 2.99. The smallest absolute Gasteiger partial charge is 0.242 e. The van der Waals surface area contributed by atoms with Crippen LogP contribution in [0.5, 0.6) is 0 Å². The summed E-state index contributed by atoms with van der Waals surface area (Å²) in [5.41, 5.74) is -0.552. The van der Waals surface area contributed by atoms with E-state index >= 15 is 0 Å². The second kappa shape index (κ2) is 9.03. The van der Waals surface area contributed by atoms with Gasteiger partial charge in [-0.2, -0.15) is 0 Å². The Morgan fingerprint density at radius 2 is 2.12 bits per heavy atom. The lowest BCUT2D eigenvalue weighted by molar-refractivity contribution is -0.146. The molecule has 1 saturated heterocycles. The van der Waals surface area contributed by atoms with Crippen molar-refractivity contribution in [2.24, 2.45) is 5.41 Å². The number of rotatable bonds is 8. The first-order valence-corrected chi connectivity index (χ1v) is 9.13. The molecule has 0 bridgehead atoms. The van der Waals surface area contributed by atoms with Crippen molar-refractivity contribution in [2.45, 2.75) is 46.3 Å². The zero-order chi connectivity index (χ0) is 19.2. The van der Waals surface area contributed by atoms with Crippen molar-refractivity contribution in [2.75, 3.05) is 26.2 Å². The number of furan rings is 1. The van der Waals surface area contributed by atoms with Gasteiger partial charge in [0.1, 0.15) is 12.3 Å². The maximum atomic E-state index is 13.0. The van der Waals surface area contributed by atoms with Gasteiger partial charge in [-0.1, -0.05) is 26.8 Å². The quantitative estimate of drug-likeness (QED) is 0.667. The van der Waals surface area contributed by atoms with Gasteiger partial charge in [0.25, 0.3) is 0 Å². The second-order valence-electron chi connectivity index (χ2n) is 7.71. The molecule has 26 heavy (non-hydrogen) atoms. The molecule has 1 fully saturated rings. The van der Waals surface area contributed by atoms with Crippen LogP contribution in [0.15, 0.2) is 35.5 Å². The van der Waals surface area contributed by atoms with Crippen LogP contribution in [-0.2, 0) is 20.9 Å². The third-order valence-corrected chi connectivity index (χ3v) is 4.33. The molecule has 0 unspecified atom stereocenters. The third-order valence-electron chi connectivity index (χ3n) is 4.33. The largest absolute Gasteiger partial charge is 0.467 e. The zero-order valence-corrected chi connectivity index (χ0v) is 16.1. The van der Waals surface area contributed by atoms with Crippen LogP contribution in [0.25, 0.3) is 0 Å². The van der Waals surface area contributed by atoms with Crippen LogP contribution in [0.1, 0.15) is 39.4 Å². The zero-order valence-electron chi connectivity index (χ0n) is 16.1. The lowest BCUT2D eigenvalue weighted by Gasteiger charge is -2.31. The minimum Gasteiger partial charge on any atom is -0.467 e. The summed E-state index contributed by atoms with van der Waals surface area (Å²) in [7, 11) is 0. The van der Waals surface area contributed by atoms with Gasteiger partial charge in [0.15, 0.2) is 0 Å². The van der Waals surface area contributed by atoms with E-state index in [1.54, 1.807) is 28.2 Å². The molecular formula is C20H30N2O4. The molecule has 0 saturated carbocycles. The Labute approximate surface area is 155 Å². The minimum absolute atomic E-state index is 0.0234. The number of ether oxygens (including phenoxy) is 1. The maximum absolute atomic E-state index is 13.0. The van der Waals surface area contributed by atoms with Crippen LogP contribution in [0, 0.1) is 5.41 Å². The number of carbonyl (C=O) groups is 2. The Balaban J connectivity index is 2.09. The van der Waals surface area contributed by atoms with Gasteiger partial charge in [0.05, 0.1) is 18.9 Å². The van der Waals surface area contributed by atoms with Crippen molar-refractivity contribution in [3.8, 4) is 0 Å². The normalized spacial score (nSPS) is 17.1. The number of carbonyl (C=O) groups excluding carboxylic acids is 2. The average molecular weight is 362 g/mol. The monoisotopic (exact) mass is 362 g/mol. The van der Waals surface area contributed by atoms with Crippen molar-refractivity contribution >= 4 is 11.8 Å². The first-order valence-electron chi connectivity index (χ1n) is 9.13. The molecule has 1 aliphatic heterocycles. The number of nitrogens with zero attached hydrogens (tertiary/aromatic N) is 2. The summed E-state index contributed by atoms with van der Waals surface area (Å²) in [6.45, 7) is 11.2. The van der Waals surface area contributed by atoms with Gasteiger partial charge in [0, 0.05) is 25.1 Å². The standard InChI is InChI=1S/C20H30N2O4/c1-5-10-21(19(24)20(2,3)4)15-18(23)22(13-16-8-6-11-25-16)14-17-9-7-12-26-17/h5-6,8,11,17H,1,7,9-10,12-15H2,2-4H3/t17-/m1/s1. The highest BCUT2D eigenvalue weighted by Crippen LogP contribution is 2.19. The van der Waals surface area contributed by atoms with E-state index in [0.717, 1.165) is 19.4 Å². The van der Waals surface area contributed by atoms with E-state index in [1.807, 2.05) is 26.8 Å². The first-order chi connectivity index (χ1) is 12.3. The highest BCUT2D eigenvalue weighted by molar-refractivity contribution is 5.87. The molecule has 6 heteroatoms. The molecule has 2 amide bonds. The fraction of sp³-hybridized carbons (Fsp3) is 0.600. The van der Waals surface area contributed by atoms with Gasteiger partial charge in [-0.3, -0.25) is 9.59 Å². The SMILES string of the molecule is C=CCN(CC(=O)N(Cc1ccco1)C[C@H]1CCCO1)C(=O)C(C)(C)C. The molecule has 0 aliphatic carbocycles. The van der Waals surface area contributed by atoms with E-state index in [9.17, 15) is 9.59 Å². The van der Waals surface area contributed by atoms with Crippen LogP contribution in [0.3, 0.4) is 0 Å². The Hall–Kier alpha value is -2.08. The van der Waals surface area contributed by atoms with Crippen molar-refractivity contribution in [1.82, 2.24) is 9.80 Å². The molecule has 1 atom stereocenters. The molecule has 1 aliphatic rings. The molecule has 1 aromatic heterocycles. The van der Waals surface area contributed by atoms with Crippen LogP contribution in [0.4, 0.5) is 0 Å². The van der Waals surface area contributed by atoms with Crippen LogP contribution >= 0.6 is 0 Å². The van der Waals surface area contributed by atoms with Crippen molar-refractivity contribution < 1.29 is 18.7 Å². The van der Waals surface area contributed by atoms with E-state index in [2.05, 4.69) is 6.58 Å². The van der Waals surface area contributed by atoms with E-state index in [-0.39, 0.29) is 24.5 Å². The van der Waals surface area contributed by atoms with Gasteiger partial charge >= 0.3 is 0 Å². The summed E-state index contributed by atoms with van der Waals surface area (Å²) >= 11 is 0. The molecule has 0 radical (unpaired) electrons. The molecule has 0 spiro atoms. The minimum atomic E-state index is -0.552. The first kappa shape index (κ1) is 20.2. The van der Waals surface area contributed by atoms with E-state index < -0.39 is 5.41 Å². The van der Waals surface area contributed by atoms with Crippen molar-refractivity contribution in [1.29, 1.82) is 0 Å². The van der Waals surface area contributed by atoms with E-state index in [4.69, 9.17) is 9.15 Å². The lowest BCUT2D eigenvalue weighted by atomic mass is 9.94. The summed E-state index contributed by atoms with van der Waals surface area (Å²) in [6, 6.07) is 3.65. The molecule has 6 nitrogen and oxygen atoms in total. The number of hydrogen-bond donors (Lipinski definition) is 0. The molecule has 0 aromatic carbocycles. The van der Waals surface area contributed by atoms with E-state index in [1.165, 1.54) is 0 Å². The highest BCUT2D eigenvalue weighted by Gasteiger charge is 2.30. The van der Waals surface area contributed by atoms with Gasteiger partial charge in [-0.25, -0.2) is 0 Å². The van der Waals surface area contributed by atoms with E-state index in [0.29, 0.717) is 25.4 Å². The second-order valence-corrected chi connectivity index (χ2v) is 7.71. The predicted molar refractivity (Wildman–Crippen MR) is 99.3 cm³/mol. The Kier molecular flexibility index (Phi) is 7.03. The number of hydrogen-bond acceptors (Lipinski definition) is 4. The maximum Gasteiger partial charge on any atom is 0.242 e. The van der Waals surface area contributed by atoms with Crippen LogP contribution < -0.4 is 0 Å². The summed E-state index contributed by atoms with van der Waals surface area (Å²) in [5.74, 6) is 0.533. The molecule has 1 aromatic rings. The molecule has 2 rings (SSSR count). The Bertz CT molecular complexity index is 598. The van der Waals surface area contributed by atoms with Crippen molar-refractivity contribution in [3.05, 3.63) is 36.8 Å². The Morgan fingerprint density at radius 1 is 1.35 bits per heavy atom. The summed E-state index contributed by atoms with van der Waals surface area (Å²) in [5, 5.41) is 0. The summed E-state index contributed by atoms with van der Waals surface area (Å²) in [6.07, 6.45) is 5.24. The summed E-state index contributed by atoms with van der Waals surface area (Å²) in [4.78, 5) is 28.9. The fourth-order valence-electron chi connectivity index (χ4n) is 2.99. The van der Waals surface area contributed by atoms with Crippen molar-refractivity contribution in [3.63, 3.8) is 0 Å². The molecule has 0 N–H and O–H groups in total. The van der Waals surface area contributed by atoms with Gasteiger partial charge < -0.3 is 19.0 Å². The lowest BCUT2D eigenvalue weighted by Crippen LogP contribution is -2.47. The molecule has 144 valence electrons. The van der Waals surface area contributed by atoms with Gasteiger partial charge in [-0.15, -0.1) is 6.58 Å². The predicted octanol–water partition coefficient (Wildman–Crippen LogP) is 2.85. The average Bonchev–Trinajstić information content (AvgIpc) is 3.26. The van der Waals surface area contributed by atoms with Gasteiger partial charge in [-0.05, 0) is 25.0 Å². The third kappa shape index (κ3) is 5.73. The summed E-state index contributed by atoms with van der Waals surface area (Å²) < 4.78 is 11.1.